The predicted molar refractivity (Wildman–Crippen MR) is 93.8 cm³/mol. The van der Waals surface area contributed by atoms with E-state index in [4.69, 9.17) is 4.74 Å². The first kappa shape index (κ1) is 17.6. The van der Waals surface area contributed by atoms with E-state index in [1.54, 1.807) is 25.5 Å². The second-order valence-electron chi connectivity index (χ2n) is 5.33. The number of aromatic nitrogens is 1. The van der Waals surface area contributed by atoms with E-state index in [0.29, 0.717) is 18.7 Å². The number of nitrogens with zero attached hydrogens (tertiary/aromatic N) is 2. The van der Waals surface area contributed by atoms with Crippen LogP contribution in [0.2, 0.25) is 0 Å². The summed E-state index contributed by atoms with van der Waals surface area (Å²) in [5.41, 5.74) is 0.132. The zero-order valence-corrected chi connectivity index (χ0v) is 15.5. The number of hydrogen-bond donors (Lipinski definition) is 2. The standard InChI is InChI=1S/C13H22N4OS.HI/c1-13(2)9(7-10(13)18-4)17-12(14-3)16-8-11-15-5-6-19-11;/h5-6,9-10H,7-8H2,1-4H3,(H2,14,16,17);1H. The van der Waals surface area contributed by atoms with Crippen molar-refractivity contribution < 1.29 is 4.74 Å². The van der Waals surface area contributed by atoms with Gasteiger partial charge in [-0.1, -0.05) is 13.8 Å². The Balaban J connectivity index is 0.00000200. The van der Waals surface area contributed by atoms with Crippen molar-refractivity contribution in [2.75, 3.05) is 14.2 Å². The van der Waals surface area contributed by atoms with Gasteiger partial charge in [-0.15, -0.1) is 35.3 Å². The van der Waals surface area contributed by atoms with Crippen LogP contribution in [0.3, 0.4) is 0 Å². The molecule has 5 nitrogen and oxygen atoms in total. The van der Waals surface area contributed by atoms with Gasteiger partial charge in [-0.05, 0) is 6.42 Å². The highest BCUT2D eigenvalue weighted by Crippen LogP contribution is 2.42. The lowest BCUT2D eigenvalue weighted by Crippen LogP contribution is -2.63. The number of guanidine groups is 1. The Hall–Kier alpha value is -0.410. The minimum atomic E-state index is 0. The van der Waals surface area contributed by atoms with Crippen molar-refractivity contribution >= 4 is 41.3 Å². The molecule has 2 atom stereocenters. The molecule has 2 rings (SSSR count). The number of rotatable bonds is 4. The number of hydrogen-bond acceptors (Lipinski definition) is 4. The van der Waals surface area contributed by atoms with Crippen LogP contribution in [0.1, 0.15) is 25.3 Å². The minimum absolute atomic E-state index is 0. The van der Waals surface area contributed by atoms with Crippen molar-refractivity contribution in [3.05, 3.63) is 16.6 Å². The Morgan fingerprint density at radius 3 is 2.85 bits per heavy atom. The summed E-state index contributed by atoms with van der Waals surface area (Å²) in [7, 11) is 3.56. The lowest BCUT2D eigenvalue weighted by Gasteiger charge is -2.51. The fraction of sp³-hybridized carbons (Fsp3) is 0.692. The van der Waals surface area contributed by atoms with Gasteiger partial charge in [-0.3, -0.25) is 4.99 Å². The van der Waals surface area contributed by atoms with Gasteiger partial charge in [0.15, 0.2) is 5.96 Å². The fourth-order valence-corrected chi connectivity index (χ4v) is 2.95. The van der Waals surface area contributed by atoms with Crippen LogP contribution in [0.15, 0.2) is 16.6 Å². The summed E-state index contributed by atoms with van der Waals surface area (Å²) in [6.45, 7) is 5.14. The first-order chi connectivity index (χ1) is 9.07. The highest BCUT2D eigenvalue weighted by Gasteiger charge is 2.48. The average molecular weight is 410 g/mol. The minimum Gasteiger partial charge on any atom is -0.381 e. The van der Waals surface area contributed by atoms with E-state index in [2.05, 4.69) is 34.5 Å². The third kappa shape index (κ3) is 3.82. The average Bonchev–Trinajstić information content (AvgIpc) is 2.90. The summed E-state index contributed by atoms with van der Waals surface area (Å²) < 4.78 is 5.46. The van der Waals surface area contributed by atoms with E-state index in [0.717, 1.165) is 17.4 Å². The normalized spacial score (nSPS) is 24.5. The molecule has 1 aromatic rings. The van der Waals surface area contributed by atoms with Crippen molar-refractivity contribution in [2.45, 2.75) is 39.0 Å². The molecule has 20 heavy (non-hydrogen) atoms. The summed E-state index contributed by atoms with van der Waals surface area (Å²) in [6, 6.07) is 0.389. The Labute approximate surface area is 141 Å². The molecule has 0 aliphatic heterocycles. The SMILES string of the molecule is CN=C(NCc1nccs1)NC1CC(OC)C1(C)C.I. The molecule has 1 aliphatic carbocycles. The van der Waals surface area contributed by atoms with E-state index in [1.807, 2.05) is 11.6 Å². The van der Waals surface area contributed by atoms with Gasteiger partial charge in [0.25, 0.3) is 0 Å². The molecule has 114 valence electrons. The van der Waals surface area contributed by atoms with E-state index < -0.39 is 0 Å². The highest BCUT2D eigenvalue weighted by atomic mass is 127. The zero-order chi connectivity index (χ0) is 13.9. The molecule has 0 aromatic carbocycles. The van der Waals surface area contributed by atoms with Crippen molar-refractivity contribution in [3.63, 3.8) is 0 Å². The maximum absolute atomic E-state index is 5.46. The Morgan fingerprint density at radius 1 is 1.60 bits per heavy atom. The van der Waals surface area contributed by atoms with Crippen molar-refractivity contribution in [2.24, 2.45) is 10.4 Å². The van der Waals surface area contributed by atoms with E-state index in [-0.39, 0.29) is 29.4 Å². The Morgan fingerprint density at radius 2 is 2.35 bits per heavy atom. The lowest BCUT2D eigenvalue weighted by atomic mass is 9.64. The first-order valence-corrected chi connectivity index (χ1v) is 7.34. The van der Waals surface area contributed by atoms with Crippen molar-refractivity contribution in [1.29, 1.82) is 0 Å². The largest absolute Gasteiger partial charge is 0.381 e. The Bertz CT molecular complexity index is 436. The molecule has 0 saturated heterocycles. The van der Waals surface area contributed by atoms with Gasteiger partial charge >= 0.3 is 0 Å². The fourth-order valence-electron chi connectivity index (χ4n) is 2.39. The number of methoxy groups -OCH3 is 1. The van der Waals surface area contributed by atoms with Gasteiger partial charge in [0, 0.05) is 37.2 Å². The molecular weight excluding hydrogens is 387 g/mol. The monoisotopic (exact) mass is 410 g/mol. The van der Waals surface area contributed by atoms with Crippen LogP contribution >= 0.6 is 35.3 Å². The molecule has 7 heteroatoms. The van der Waals surface area contributed by atoms with Crippen LogP contribution in [0, 0.1) is 5.41 Å². The van der Waals surface area contributed by atoms with Crippen LogP contribution in [-0.4, -0.2) is 37.2 Å². The summed E-state index contributed by atoms with van der Waals surface area (Å²) in [4.78, 5) is 8.50. The quantitative estimate of drug-likeness (QED) is 0.454. The third-order valence-electron chi connectivity index (χ3n) is 3.89. The van der Waals surface area contributed by atoms with E-state index in [1.165, 1.54) is 0 Å². The smallest absolute Gasteiger partial charge is 0.191 e. The van der Waals surface area contributed by atoms with Gasteiger partial charge in [0.05, 0.1) is 12.6 Å². The second kappa shape index (κ2) is 7.56. The van der Waals surface area contributed by atoms with Gasteiger partial charge in [0.1, 0.15) is 5.01 Å². The van der Waals surface area contributed by atoms with Crippen LogP contribution < -0.4 is 10.6 Å². The number of nitrogens with one attached hydrogen (secondary N) is 2. The molecule has 2 unspecified atom stereocenters. The summed E-state index contributed by atoms with van der Waals surface area (Å²) in [5, 5.41) is 9.78. The van der Waals surface area contributed by atoms with Gasteiger partial charge in [0.2, 0.25) is 0 Å². The highest BCUT2D eigenvalue weighted by molar-refractivity contribution is 14.0. The summed E-state index contributed by atoms with van der Waals surface area (Å²) in [5.74, 6) is 0.822. The Kier molecular flexibility index (Phi) is 6.67. The molecule has 0 radical (unpaired) electrons. The molecule has 2 N–H and O–H groups in total. The van der Waals surface area contributed by atoms with Gasteiger partial charge in [-0.2, -0.15) is 0 Å². The second-order valence-corrected chi connectivity index (χ2v) is 6.31. The predicted octanol–water partition coefficient (Wildman–Crippen LogP) is 2.24. The third-order valence-corrected chi connectivity index (χ3v) is 4.67. The van der Waals surface area contributed by atoms with Gasteiger partial charge < -0.3 is 15.4 Å². The lowest BCUT2D eigenvalue weighted by molar-refractivity contribution is -0.0922. The number of thiazole rings is 1. The molecule has 0 spiro atoms. The molecule has 1 saturated carbocycles. The van der Waals surface area contributed by atoms with Crippen LogP contribution in [0.5, 0.6) is 0 Å². The maximum Gasteiger partial charge on any atom is 0.191 e. The molecule has 0 bridgehead atoms. The molecule has 1 aromatic heterocycles. The summed E-state index contributed by atoms with van der Waals surface area (Å²) in [6.07, 6.45) is 3.15. The molecule has 1 aliphatic rings. The topological polar surface area (TPSA) is 58.5 Å². The van der Waals surface area contributed by atoms with Crippen LogP contribution in [0.25, 0.3) is 0 Å². The summed E-state index contributed by atoms with van der Waals surface area (Å²) >= 11 is 1.64. The van der Waals surface area contributed by atoms with E-state index in [9.17, 15) is 0 Å². The van der Waals surface area contributed by atoms with Gasteiger partial charge in [-0.25, -0.2) is 4.98 Å². The molecule has 1 heterocycles. The molecule has 1 fully saturated rings. The molecule has 0 amide bonds. The number of halogens is 1. The maximum atomic E-state index is 5.46. The number of aliphatic imine (C=N–C) groups is 1. The van der Waals surface area contributed by atoms with Crippen LogP contribution in [0.4, 0.5) is 0 Å². The van der Waals surface area contributed by atoms with Crippen molar-refractivity contribution in [3.8, 4) is 0 Å². The van der Waals surface area contributed by atoms with Crippen molar-refractivity contribution in [1.82, 2.24) is 15.6 Å². The van der Waals surface area contributed by atoms with Crippen LogP contribution in [-0.2, 0) is 11.3 Å². The van der Waals surface area contributed by atoms with E-state index >= 15 is 0 Å². The number of ether oxygens (including phenoxy) is 1. The molecular formula is C13H23IN4OS. The zero-order valence-electron chi connectivity index (χ0n) is 12.3. The first-order valence-electron chi connectivity index (χ1n) is 6.46.